The molecule has 6 heteroatoms. The first-order valence-electron chi connectivity index (χ1n) is 9.70. The second kappa shape index (κ2) is 6.24. The molecule has 0 bridgehead atoms. The molecule has 4 aliphatic rings. The number of amides is 1. The Hall–Kier alpha value is -1.69. The minimum atomic E-state index is -0.0948. The lowest BCUT2D eigenvalue weighted by molar-refractivity contribution is -0.139. The summed E-state index contributed by atoms with van der Waals surface area (Å²) in [7, 11) is 0. The van der Waals surface area contributed by atoms with Crippen LogP contribution in [0.2, 0.25) is 0 Å². The molecule has 0 N–H and O–H groups in total. The first-order valence-corrected chi connectivity index (χ1v) is 9.70. The standard InChI is InChI=1S/C19H25N3O3/c23-19(13-4-2-1-3-5-13)22-9-8-15-14(11-22)10-16(24-15)18-21-20-17(25-18)12-6-7-12/h1-2,12-16H,3-11H2/t13-,14+,15+,16-/m1/s1. The minimum Gasteiger partial charge on any atom is -0.422 e. The van der Waals surface area contributed by atoms with Crippen molar-refractivity contribution in [2.45, 2.75) is 63.1 Å². The number of fused-ring (bicyclic) bond motifs is 1. The summed E-state index contributed by atoms with van der Waals surface area (Å²) in [4.78, 5) is 14.9. The molecule has 0 spiro atoms. The summed E-state index contributed by atoms with van der Waals surface area (Å²) in [5.74, 6) is 2.78. The van der Waals surface area contributed by atoms with Gasteiger partial charge in [0, 0.05) is 30.8 Å². The number of likely N-dealkylation sites (tertiary alicyclic amines) is 1. The van der Waals surface area contributed by atoms with Crippen molar-refractivity contribution in [3.8, 4) is 0 Å². The van der Waals surface area contributed by atoms with Gasteiger partial charge in [0.25, 0.3) is 0 Å². The summed E-state index contributed by atoms with van der Waals surface area (Å²) in [6.45, 7) is 1.62. The van der Waals surface area contributed by atoms with E-state index in [1.165, 1.54) is 0 Å². The van der Waals surface area contributed by atoms with Crippen molar-refractivity contribution in [2.75, 3.05) is 13.1 Å². The Morgan fingerprint density at radius 2 is 2.00 bits per heavy atom. The Morgan fingerprint density at radius 1 is 1.12 bits per heavy atom. The van der Waals surface area contributed by atoms with Gasteiger partial charge in [0.05, 0.1) is 6.10 Å². The average molecular weight is 343 g/mol. The van der Waals surface area contributed by atoms with Gasteiger partial charge in [0.15, 0.2) is 0 Å². The number of carbonyl (C=O) groups excluding carboxylic acids is 1. The zero-order valence-corrected chi connectivity index (χ0v) is 14.5. The molecule has 0 aromatic carbocycles. The van der Waals surface area contributed by atoms with Gasteiger partial charge >= 0.3 is 0 Å². The van der Waals surface area contributed by atoms with Gasteiger partial charge in [-0.15, -0.1) is 10.2 Å². The molecule has 2 aliphatic heterocycles. The van der Waals surface area contributed by atoms with Crippen LogP contribution in [0.5, 0.6) is 0 Å². The number of rotatable bonds is 3. The molecule has 2 aliphatic carbocycles. The zero-order valence-electron chi connectivity index (χ0n) is 14.5. The third-order valence-corrected chi connectivity index (χ3v) is 6.11. The van der Waals surface area contributed by atoms with E-state index in [0.717, 1.165) is 63.9 Å². The van der Waals surface area contributed by atoms with Crippen LogP contribution in [0.4, 0.5) is 0 Å². The Labute approximate surface area is 147 Å². The van der Waals surface area contributed by atoms with Crippen LogP contribution in [0, 0.1) is 11.8 Å². The van der Waals surface area contributed by atoms with Gasteiger partial charge < -0.3 is 14.1 Å². The van der Waals surface area contributed by atoms with E-state index in [2.05, 4.69) is 27.2 Å². The van der Waals surface area contributed by atoms with Crippen molar-refractivity contribution in [1.29, 1.82) is 0 Å². The number of hydrogen-bond acceptors (Lipinski definition) is 5. The summed E-state index contributed by atoms with van der Waals surface area (Å²) < 4.78 is 12.0. The maximum absolute atomic E-state index is 12.8. The molecule has 3 heterocycles. The molecule has 1 saturated carbocycles. The highest BCUT2D eigenvalue weighted by molar-refractivity contribution is 5.79. The third-order valence-electron chi connectivity index (χ3n) is 6.11. The second-order valence-corrected chi connectivity index (χ2v) is 7.97. The Kier molecular flexibility index (Phi) is 3.88. The van der Waals surface area contributed by atoms with Gasteiger partial charge in [-0.2, -0.15) is 0 Å². The monoisotopic (exact) mass is 343 g/mol. The highest BCUT2D eigenvalue weighted by atomic mass is 16.5. The first kappa shape index (κ1) is 15.6. The molecular formula is C19H25N3O3. The van der Waals surface area contributed by atoms with Gasteiger partial charge in [-0.1, -0.05) is 12.2 Å². The van der Waals surface area contributed by atoms with Crippen molar-refractivity contribution in [3.63, 3.8) is 0 Å². The zero-order chi connectivity index (χ0) is 16.8. The van der Waals surface area contributed by atoms with Crippen LogP contribution in [0.3, 0.4) is 0 Å². The van der Waals surface area contributed by atoms with Crippen molar-refractivity contribution in [3.05, 3.63) is 23.9 Å². The van der Waals surface area contributed by atoms with E-state index in [9.17, 15) is 4.79 Å². The van der Waals surface area contributed by atoms with Gasteiger partial charge in [-0.3, -0.25) is 4.79 Å². The van der Waals surface area contributed by atoms with Gasteiger partial charge in [-0.25, -0.2) is 0 Å². The smallest absolute Gasteiger partial charge is 0.245 e. The minimum absolute atomic E-state index is 0.0948. The topological polar surface area (TPSA) is 68.5 Å². The molecular weight excluding hydrogens is 318 g/mol. The predicted octanol–water partition coefficient (Wildman–Crippen LogP) is 2.98. The number of ether oxygens (including phenoxy) is 1. The van der Waals surface area contributed by atoms with Gasteiger partial charge in [0.2, 0.25) is 17.7 Å². The molecule has 4 atom stereocenters. The Bertz CT molecular complexity index is 681. The summed E-state index contributed by atoms with van der Waals surface area (Å²) in [6.07, 6.45) is 11.5. The molecule has 25 heavy (non-hydrogen) atoms. The molecule has 1 amide bonds. The van der Waals surface area contributed by atoms with E-state index in [4.69, 9.17) is 9.15 Å². The number of hydrogen-bond donors (Lipinski definition) is 0. The van der Waals surface area contributed by atoms with E-state index >= 15 is 0 Å². The number of nitrogens with zero attached hydrogens (tertiary/aromatic N) is 3. The fourth-order valence-electron chi connectivity index (χ4n) is 4.46. The van der Waals surface area contributed by atoms with Crippen molar-refractivity contribution in [2.24, 2.45) is 11.8 Å². The fraction of sp³-hybridized carbons (Fsp3) is 0.737. The maximum atomic E-state index is 12.8. The lowest BCUT2D eigenvalue weighted by Crippen LogP contribution is -2.46. The van der Waals surface area contributed by atoms with Crippen LogP contribution in [0.15, 0.2) is 16.6 Å². The van der Waals surface area contributed by atoms with E-state index < -0.39 is 0 Å². The molecule has 3 fully saturated rings. The van der Waals surface area contributed by atoms with Crippen LogP contribution < -0.4 is 0 Å². The number of aromatic nitrogens is 2. The molecule has 6 nitrogen and oxygen atoms in total. The Morgan fingerprint density at radius 3 is 2.80 bits per heavy atom. The van der Waals surface area contributed by atoms with E-state index in [-0.39, 0.29) is 18.1 Å². The van der Waals surface area contributed by atoms with E-state index in [1.807, 2.05) is 0 Å². The maximum Gasteiger partial charge on any atom is 0.245 e. The summed E-state index contributed by atoms with van der Waals surface area (Å²) in [5.41, 5.74) is 0. The molecule has 0 radical (unpaired) electrons. The highest BCUT2D eigenvalue weighted by Gasteiger charge is 2.43. The quantitative estimate of drug-likeness (QED) is 0.789. The molecule has 5 rings (SSSR count). The normalized spacial score (nSPS) is 35.0. The summed E-state index contributed by atoms with van der Waals surface area (Å²) in [5, 5.41) is 8.39. The largest absolute Gasteiger partial charge is 0.422 e. The van der Waals surface area contributed by atoms with Crippen LogP contribution >= 0.6 is 0 Å². The van der Waals surface area contributed by atoms with Crippen molar-refractivity contribution < 1.29 is 13.9 Å². The molecule has 134 valence electrons. The molecule has 1 aromatic rings. The number of allylic oxidation sites excluding steroid dienone is 2. The first-order chi connectivity index (χ1) is 12.3. The van der Waals surface area contributed by atoms with Crippen molar-refractivity contribution in [1.82, 2.24) is 15.1 Å². The van der Waals surface area contributed by atoms with Crippen LogP contribution in [0.25, 0.3) is 0 Å². The summed E-state index contributed by atoms with van der Waals surface area (Å²) >= 11 is 0. The summed E-state index contributed by atoms with van der Waals surface area (Å²) in [6, 6.07) is 0. The average Bonchev–Trinajstić information content (AvgIpc) is 3.23. The fourth-order valence-corrected chi connectivity index (χ4v) is 4.46. The Balaban J connectivity index is 1.22. The number of piperidine rings is 1. The predicted molar refractivity (Wildman–Crippen MR) is 89.7 cm³/mol. The van der Waals surface area contributed by atoms with Crippen LogP contribution in [-0.2, 0) is 9.53 Å². The van der Waals surface area contributed by atoms with Crippen LogP contribution in [-0.4, -0.2) is 40.2 Å². The van der Waals surface area contributed by atoms with Gasteiger partial charge in [0.1, 0.15) is 6.10 Å². The van der Waals surface area contributed by atoms with Gasteiger partial charge in [-0.05, 0) is 44.9 Å². The van der Waals surface area contributed by atoms with E-state index in [1.54, 1.807) is 0 Å². The lowest BCUT2D eigenvalue weighted by atomic mass is 9.89. The van der Waals surface area contributed by atoms with Crippen molar-refractivity contribution >= 4 is 5.91 Å². The molecule has 1 aromatic heterocycles. The third kappa shape index (κ3) is 3.01. The number of carbonyl (C=O) groups is 1. The van der Waals surface area contributed by atoms with Crippen LogP contribution in [0.1, 0.15) is 68.7 Å². The highest BCUT2D eigenvalue weighted by Crippen LogP contribution is 2.43. The molecule has 0 unspecified atom stereocenters. The molecule has 2 saturated heterocycles. The second-order valence-electron chi connectivity index (χ2n) is 7.97. The SMILES string of the molecule is O=C([C@@H]1CC=CCC1)N1CC[C@@H]2O[C@@H](c3nnc(C4CC4)o3)C[C@H]2C1. The van der Waals surface area contributed by atoms with E-state index in [0.29, 0.717) is 23.6 Å². The lowest BCUT2D eigenvalue weighted by Gasteiger charge is -2.36.